The fourth-order valence-corrected chi connectivity index (χ4v) is 2.68. The zero-order valence-corrected chi connectivity index (χ0v) is 12.2. The smallest absolute Gasteiger partial charge is 0.244 e. The molecule has 2 aromatic rings. The molecule has 0 aliphatic rings. The molecule has 4 heteroatoms. The van der Waals surface area contributed by atoms with Crippen molar-refractivity contribution in [2.75, 3.05) is 0 Å². The third-order valence-corrected chi connectivity index (χ3v) is 3.67. The summed E-state index contributed by atoms with van der Waals surface area (Å²) in [5, 5.41) is 4.92. The second-order valence-corrected chi connectivity index (χ2v) is 5.71. The van der Waals surface area contributed by atoms with Crippen molar-refractivity contribution in [3.63, 3.8) is 0 Å². The van der Waals surface area contributed by atoms with Crippen LogP contribution in [0, 0.1) is 5.82 Å². The maximum Gasteiger partial charge on any atom is 0.244 e. The summed E-state index contributed by atoms with van der Waals surface area (Å²) in [7, 11) is 0. The molecule has 1 heterocycles. The number of rotatable bonds is 4. The molecule has 0 bridgehead atoms. The molecule has 0 spiro atoms. The van der Waals surface area contributed by atoms with Gasteiger partial charge < -0.3 is 5.32 Å². The molecule has 104 valence electrons. The molecule has 2 nitrogen and oxygen atoms in total. The average molecular weight is 289 g/mol. The minimum atomic E-state index is -0.283. The van der Waals surface area contributed by atoms with Gasteiger partial charge in [0, 0.05) is 11.0 Å². The van der Waals surface area contributed by atoms with Crippen molar-refractivity contribution in [2.24, 2.45) is 0 Å². The highest BCUT2D eigenvalue weighted by atomic mass is 32.1. The van der Waals surface area contributed by atoms with E-state index in [0.29, 0.717) is 0 Å². The number of halogens is 1. The second kappa shape index (κ2) is 6.48. The summed E-state index contributed by atoms with van der Waals surface area (Å²) in [4.78, 5) is 13.0. The average Bonchev–Trinajstić information content (AvgIpc) is 2.90. The van der Waals surface area contributed by atoms with Gasteiger partial charge in [0.15, 0.2) is 0 Å². The first-order chi connectivity index (χ1) is 9.56. The van der Waals surface area contributed by atoms with Gasteiger partial charge in [0.05, 0.1) is 6.04 Å². The molecular weight excluding hydrogens is 273 g/mol. The Kier molecular flexibility index (Phi) is 4.69. The van der Waals surface area contributed by atoms with Crippen molar-refractivity contribution in [1.29, 1.82) is 0 Å². The van der Waals surface area contributed by atoms with E-state index in [-0.39, 0.29) is 17.8 Å². The normalized spacial score (nSPS) is 11.8. The van der Waals surface area contributed by atoms with E-state index in [9.17, 15) is 9.18 Å². The van der Waals surface area contributed by atoms with E-state index in [0.717, 1.165) is 16.0 Å². The monoisotopic (exact) mass is 289 g/mol. The first-order valence-corrected chi connectivity index (χ1v) is 7.18. The fraction of sp³-hybridized carbons (Fsp3) is 0.188. The second-order valence-electron chi connectivity index (χ2n) is 4.73. The Hall–Kier alpha value is -1.94. The molecule has 0 fully saturated rings. The zero-order valence-electron chi connectivity index (χ0n) is 11.4. The Bertz CT molecular complexity index is 598. The van der Waals surface area contributed by atoms with Crippen LogP contribution in [0.15, 0.2) is 53.4 Å². The molecule has 1 aromatic heterocycles. The predicted molar refractivity (Wildman–Crippen MR) is 80.1 cm³/mol. The number of carbonyl (C=O) groups is 1. The number of thiophene rings is 1. The van der Waals surface area contributed by atoms with E-state index in [4.69, 9.17) is 0 Å². The van der Waals surface area contributed by atoms with Crippen LogP contribution in [0.3, 0.4) is 0 Å². The molecular formula is C16H16FNOS. The fourth-order valence-electron chi connectivity index (χ4n) is 1.88. The molecule has 1 amide bonds. The Morgan fingerprint density at radius 3 is 2.50 bits per heavy atom. The molecule has 1 atom stereocenters. The van der Waals surface area contributed by atoms with Crippen molar-refractivity contribution in [3.05, 3.63) is 69.7 Å². The Balaban J connectivity index is 2.28. The van der Waals surface area contributed by atoms with Crippen LogP contribution in [-0.2, 0) is 4.79 Å². The largest absolute Gasteiger partial charge is 0.341 e. The standard InChI is InChI=1S/C16H16FNOS/c1-11(2)10-15(19)18-16(14-4-3-9-20-14)12-5-7-13(17)8-6-12/h3-10,16H,1-2H3,(H,18,19). The number of carbonyl (C=O) groups excluding carboxylic acids is 1. The number of amides is 1. The molecule has 0 aliphatic carbocycles. The first kappa shape index (κ1) is 14.5. The summed E-state index contributed by atoms with van der Waals surface area (Å²) in [6.07, 6.45) is 1.56. The van der Waals surface area contributed by atoms with Gasteiger partial charge in [-0.15, -0.1) is 11.3 Å². The number of hydrogen-bond acceptors (Lipinski definition) is 2. The van der Waals surface area contributed by atoms with Crippen LogP contribution >= 0.6 is 11.3 Å². The molecule has 2 rings (SSSR count). The lowest BCUT2D eigenvalue weighted by Crippen LogP contribution is -2.27. The van der Waals surface area contributed by atoms with Crippen LogP contribution < -0.4 is 5.32 Å². The molecule has 0 radical (unpaired) electrons. The van der Waals surface area contributed by atoms with Crippen molar-refractivity contribution < 1.29 is 9.18 Å². The Morgan fingerprint density at radius 1 is 1.25 bits per heavy atom. The van der Waals surface area contributed by atoms with Crippen molar-refractivity contribution in [3.8, 4) is 0 Å². The van der Waals surface area contributed by atoms with Crippen LogP contribution in [0.2, 0.25) is 0 Å². The highest BCUT2D eigenvalue weighted by molar-refractivity contribution is 7.10. The highest BCUT2D eigenvalue weighted by Gasteiger charge is 2.16. The molecule has 1 aromatic carbocycles. The lowest BCUT2D eigenvalue weighted by atomic mass is 10.1. The quantitative estimate of drug-likeness (QED) is 0.845. The van der Waals surface area contributed by atoms with Crippen LogP contribution in [-0.4, -0.2) is 5.91 Å². The van der Waals surface area contributed by atoms with E-state index in [1.54, 1.807) is 29.5 Å². The summed E-state index contributed by atoms with van der Waals surface area (Å²) < 4.78 is 13.0. The minimum absolute atomic E-state index is 0.146. The van der Waals surface area contributed by atoms with Crippen molar-refractivity contribution in [2.45, 2.75) is 19.9 Å². The van der Waals surface area contributed by atoms with Gasteiger partial charge in [-0.2, -0.15) is 0 Å². The molecule has 1 unspecified atom stereocenters. The van der Waals surface area contributed by atoms with Gasteiger partial charge in [0.25, 0.3) is 0 Å². The molecule has 20 heavy (non-hydrogen) atoms. The van der Waals surface area contributed by atoms with Gasteiger partial charge in [0.1, 0.15) is 5.82 Å². The third kappa shape index (κ3) is 3.78. The molecule has 0 saturated carbocycles. The van der Waals surface area contributed by atoms with Gasteiger partial charge in [-0.3, -0.25) is 4.79 Å². The molecule has 0 aliphatic heterocycles. The third-order valence-electron chi connectivity index (χ3n) is 2.74. The number of nitrogens with one attached hydrogen (secondary N) is 1. The van der Waals surface area contributed by atoms with Crippen LogP contribution in [0.25, 0.3) is 0 Å². The van der Waals surface area contributed by atoms with Gasteiger partial charge in [-0.25, -0.2) is 4.39 Å². The maximum absolute atomic E-state index is 13.0. The Labute approximate surface area is 122 Å². The van der Waals surface area contributed by atoms with Crippen molar-refractivity contribution in [1.82, 2.24) is 5.32 Å². The summed E-state index contributed by atoms with van der Waals surface area (Å²) in [6, 6.07) is 9.85. The van der Waals surface area contributed by atoms with Crippen LogP contribution in [0.1, 0.15) is 30.3 Å². The first-order valence-electron chi connectivity index (χ1n) is 6.30. The predicted octanol–water partition coefficient (Wildman–Crippen LogP) is 4.06. The highest BCUT2D eigenvalue weighted by Crippen LogP contribution is 2.26. The lowest BCUT2D eigenvalue weighted by Gasteiger charge is -2.17. The Morgan fingerprint density at radius 2 is 1.95 bits per heavy atom. The van der Waals surface area contributed by atoms with Crippen LogP contribution in [0.5, 0.6) is 0 Å². The maximum atomic E-state index is 13.0. The SMILES string of the molecule is CC(C)=CC(=O)NC(c1ccc(F)cc1)c1cccs1. The summed E-state index contributed by atoms with van der Waals surface area (Å²) in [5.41, 5.74) is 1.80. The van der Waals surface area contributed by atoms with E-state index >= 15 is 0 Å². The number of hydrogen-bond donors (Lipinski definition) is 1. The number of allylic oxidation sites excluding steroid dienone is 1. The van der Waals surface area contributed by atoms with E-state index in [2.05, 4.69) is 5.32 Å². The van der Waals surface area contributed by atoms with Gasteiger partial charge in [-0.05, 0) is 43.0 Å². The number of benzene rings is 1. The van der Waals surface area contributed by atoms with Gasteiger partial charge >= 0.3 is 0 Å². The summed E-state index contributed by atoms with van der Waals surface area (Å²) in [6.45, 7) is 3.75. The van der Waals surface area contributed by atoms with E-state index in [1.807, 2.05) is 31.4 Å². The van der Waals surface area contributed by atoms with E-state index in [1.165, 1.54) is 12.1 Å². The van der Waals surface area contributed by atoms with Gasteiger partial charge in [0.2, 0.25) is 5.91 Å². The summed E-state index contributed by atoms with van der Waals surface area (Å²) >= 11 is 1.56. The minimum Gasteiger partial charge on any atom is -0.341 e. The van der Waals surface area contributed by atoms with Crippen LogP contribution in [0.4, 0.5) is 4.39 Å². The topological polar surface area (TPSA) is 29.1 Å². The van der Waals surface area contributed by atoms with E-state index < -0.39 is 0 Å². The summed E-state index contributed by atoms with van der Waals surface area (Å²) in [5.74, 6) is -0.429. The lowest BCUT2D eigenvalue weighted by molar-refractivity contribution is -0.117. The molecule has 1 N–H and O–H groups in total. The van der Waals surface area contributed by atoms with Crippen molar-refractivity contribution >= 4 is 17.2 Å². The molecule has 0 saturated heterocycles. The van der Waals surface area contributed by atoms with Gasteiger partial charge in [-0.1, -0.05) is 23.8 Å². The zero-order chi connectivity index (χ0) is 14.5.